The number of aryl methyl sites for hydroxylation is 2. The van der Waals surface area contributed by atoms with Gasteiger partial charge in [-0.3, -0.25) is 4.68 Å². The average Bonchev–Trinajstić information content (AvgIpc) is 3.53. The molecule has 0 unspecified atom stereocenters. The van der Waals surface area contributed by atoms with Crippen molar-refractivity contribution in [3.63, 3.8) is 0 Å². The van der Waals surface area contributed by atoms with E-state index in [1.807, 2.05) is 50.4 Å². The second-order valence-corrected chi connectivity index (χ2v) is 9.92. The van der Waals surface area contributed by atoms with Crippen LogP contribution in [0.5, 0.6) is 0 Å². The zero-order valence-corrected chi connectivity index (χ0v) is 21.5. The maximum atomic E-state index is 12.9. The first-order chi connectivity index (χ1) is 18.2. The van der Waals surface area contributed by atoms with Gasteiger partial charge in [-0.15, -0.1) is 0 Å². The minimum Gasteiger partial charge on any atom is -0.378 e. The molecule has 1 N–H and O–H groups in total. The van der Waals surface area contributed by atoms with Gasteiger partial charge in [0.15, 0.2) is 0 Å². The second-order valence-electron chi connectivity index (χ2n) is 9.92. The second kappa shape index (κ2) is 10.6. The molecule has 0 aliphatic carbocycles. The highest BCUT2D eigenvalue weighted by molar-refractivity contribution is 5.91. The number of aromatic nitrogens is 3. The van der Waals surface area contributed by atoms with Crippen LogP contribution in [0.3, 0.4) is 0 Å². The molecule has 3 aromatic rings. The number of rotatable bonds is 5. The lowest BCUT2D eigenvalue weighted by Gasteiger charge is -2.28. The van der Waals surface area contributed by atoms with Gasteiger partial charge >= 0.3 is 12.2 Å². The third-order valence-electron chi connectivity index (χ3n) is 7.12. The number of urea groups is 1. The Morgan fingerprint density at radius 2 is 1.92 bits per heavy atom. The van der Waals surface area contributed by atoms with Gasteiger partial charge in [-0.25, -0.2) is 9.78 Å². The zero-order valence-electron chi connectivity index (χ0n) is 21.5. The van der Waals surface area contributed by atoms with E-state index in [4.69, 9.17) is 9.72 Å². The minimum atomic E-state index is -4.22. The van der Waals surface area contributed by atoms with Crippen molar-refractivity contribution in [2.75, 3.05) is 49.6 Å². The van der Waals surface area contributed by atoms with Crippen molar-refractivity contribution in [2.24, 2.45) is 13.0 Å². The highest BCUT2D eigenvalue weighted by Crippen LogP contribution is 2.34. The summed E-state index contributed by atoms with van der Waals surface area (Å²) in [6.07, 6.45) is -3.00. The van der Waals surface area contributed by atoms with Gasteiger partial charge in [0.1, 0.15) is 5.82 Å². The first kappa shape index (κ1) is 26.0. The first-order valence-corrected chi connectivity index (χ1v) is 12.7. The molecular formula is C27H31F3N6O2. The van der Waals surface area contributed by atoms with Gasteiger partial charge in [-0.1, -0.05) is 6.07 Å². The summed E-state index contributed by atoms with van der Waals surface area (Å²) in [7, 11) is 1.87. The van der Waals surface area contributed by atoms with Crippen LogP contribution in [0.25, 0.3) is 22.5 Å². The van der Waals surface area contributed by atoms with Crippen LogP contribution in [0.4, 0.5) is 29.5 Å². The van der Waals surface area contributed by atoms with Crippen molar-refractivity contribution in [3.8, 4) is 22.5 Å². The number of carbonyl (C=O) groups excluding carboxylic acids is 1. The molecule has 4 heterocycles. The zero-order chi connectivity index (χ0) is 26.9. The van der Waals surface area contributed by atoms with Crippen LogP contribution in [-0.2, 0) is 11.8 Å². The third-order valence-corrected chi connectivity index (χ3v) is 7.12. The van der Waals surface area contributed by atoms with Gasteiger partial charge in [0, 0.05) is 51.5 Å². The number of amides is 2. The highest BCUT2D eigenvalue weighted by Gasteiger charge is 2.36. The van der Waals surface area contributed by atoms with Crippen molar-refractivity contribution >= 4 is 17.5 Å². The Kier molecular flexibility index (Phi) is 7.29. The molecule has 0 bridgehead atoms. The Balaban J connectivity index is 1.41. The quantitative estimate of drug-likeness (QED) is 0.499. The first-order valence-electron chi connectivity index (χ1n) is 12.7. The van der Waals surface area contributed by atoms with E-state index in [1.54, 1.807) is 10.9 Å². The van der Waals surface area contributed by atoms with Gasteiger partial charge in [-0.2, -0.15) is 18.3 Å². The lowest BCUT2D eigenvalue weighted by molar-refractivity contribution is -0.143. The molecule has 2 aromatic heterocycles. The van der Waals surface area contributed by atoms with E-state index in [-0.39, 0.29) is 12.6 Å². The predicted octanol–water partition coefficient (Wildman–Crippen LogP) is 5.10. The number of carbonyl (C=O) groups is 1. The highest BCUT2D eigenvalue weighted by atomic mass is 19.4. The number of halogens is 3. The average molecular weight is 529 g/mol. The molecule has 8 nitrogen and oxygen atoms in total. The van der Waals surface area contributed by atoms with E-state index in [0.717, 1.165) is 47.0 Å². The summed E-state index contributed by atoms with van der Waals surface area (Å²) in [5, 5.41) is 7.18. The van der Waals surface area contributed by atoms with Crippen molar-refractivity contribution in [1.29, 1.82) is 0 Å². The van der Waals surface area contributed by atoms with Crippen LogP contribution in [-0.4, -0.2) is 71.3 Å². The number of likely N-dealkylation sites (tertiary alicyclic amines) is 1. The lowest BCUT2D eigenvalue weighted by atomic mass is 9.99. The number of nitrogens with zero attached hydrogens (tertiary/aromatic N) is 5. The summed E-state index contributed by atoms with van der Waals surface area (Å²) in [5.74, 6) is 0.277. The Labute approximate surface area is 219 Å². The van der Waals surface area contributed by atoms with Crippen LogP contribution in [0.2, 0.25) is 0 Å². The molecule has 2 saturated heterocycles. The predicted molar refractivity (Wildman–Crippen MR) is 139 cm³/mol. The Hall–Kier alpha value is -3.60. The maximum absolute atomic E-state index is 12.9. The van der Waals surface area contributed by atoms with Crippen LogP contribution < -0.4 is 10.2 Å². The molecule has 0 spiro atoms. The molecule has 38 heavy (non-hydrogen) atoms. The number of benzene rings is 1. The van der Waals surface area contributed by atoms with E-state index in [9.17, 15) is 18.0 Å². The van der Waals surface area contributed by atoms with E-state index in [0.29, 0.717) is 31.9 Å². The van der Waals surface area contributed by atoms with Gasteiger partial charge in [0.05, 0.1) is 24.6 Å². The molecule has 11 heteroatoms. The molecule has 2 aliphatic heterocycles. The minimum absolute atomic E-state index is 0.103. The summed E-state index contributed by atoms with van der Waals surface area (Å²) in [5.41, 5.74) is 5.14. The number of anilines is 2. The summed E-state index contributed by atoms with van der Waals surface area (Å²) in [6.45, 7) is 5.16. The van der Waals surface area contributed by atoms with Crippen LogP contribution in [0.15, 0.2) is 42.6 Å². The van der Waals surface area contributed by atoms with E-state index >= 15 is 0 Å². The number of ether oxygens (including phenoxy) is 1. The monoisotopic (exact) mass is 528 g/mol. The number of morpholine rings is 1. The van der Waals surface area contributed by atoms with Crippen molar-refractivity contribution in [2.45, 2.75) is 25.9 Å². The molecule has 202 valence electrons. The summed E-state index contributed by atoms with van der Waals surface area (Å²) in [6, 6.07) is 11.2. The van der Waals surface area contributed by atoms with E-state index in [1.165, 1.54) is 4.90 Å². The van der Waals surface area contributed by atoms with Crippen LogP contribution in [0.1, 0.15) is 18.4 Å². The molecular weight excluding hydrogens is 497 g/mol. The standard InChI is InChI=1S/C27H31F3N6O2/c1-18-3-4-21(32-26(37)36-8-6-19(17-36)16-27(28,29)30)15-22(18)20-13-23(24-5-7-31-34(24)2)33-25(14-20)35-9-11-38-12-10-35/h3-5,7,13-15,19H,6,8-12,16-17H2,1-2H3,(H,32,37)/t19-/m0/s1. The number of alkyl halides is 3. The normalized spacial score (nSPS) is 18.2. The fraction of sp³-hybridized carbons (Fsp3) is 0.444. The SMILES string of the molecule is Cc1ccc(NC(=O)N2CC[C@@H](CC(F)(F)F)C2)cc1-c1cc(-c2ccnn2C)nc(N2CCOCC2)c1. The number of nitrogens with one attached hydrogen (secondary N) is 1. The molecule has 2 amide bonds. The van der Waals surface area contributed by atoms with Crippen LogP contribution in [0, 0.1) is 12.8 Å². The van der Waals surface area contributed by atoms with Crippen LogP contribution >= 0.6 is 0 Å². The van der Waals surface area contributed by atoms with Crippen molar-refractivity contribution in [1.82, 2.24) is 19.7 Å². The maximum Gasteiger partial charge on any atom is 0.389 e. The Morgan fingerprint density at radius 3 is 2.63 bits per heavy atom. The summed E-state index contributed by atoms with van der Waals surface area (Å²) >= 11 is 0. The van der Waals surface area contributed by atoms with Crippen molar-refractivity contribution < 1.29 is 22.7 Å². The molecule has 1 aromatic carbocycles. The fourth-order valence-corrected chi connectivity index (χ4v) is 5.11. The summed E-state index contributed by atoms with van der Waals surface area (Å²) < 4.78 is 45.6. The Morgan fingerprint density at radius 1 is 1.13 bits per heavy atom. The number of pyridine rings is 1. The smallest absolute Gasteiger partial charge is 0.378 e. The lowest BCUT2D eigenvalue weighted by Crippen LogP contribution is -2.36. The van der Waals surface area contributed by atoms with Gasteiger partial charge in [0.25, 0.3) is 0 Å². The topological polar surface area (TPSA) is 75.5 Å². The largest absolute Gasteiger partial charge is 0.389 e. The molecule has 0 radical (unpaired) electrons. The van der Waals surface area contributed by atoms with E-state index in [2.05, 4.69) is 15.3 Å². The van der Waals surface area contributed by atoms with Gasteiger partial charge in [-0.05, 0) is 66.3 Å². The number of hydrogen-bond donors (Lipinski definition) is 1. The Bertz CT molecular complexity index is 1300. The van der Waals surface area contributed by atoms with Crippen molar-refractivity contribution in [3.05, 3.63) is 48.2 Å². The molecule has 5 rings (SSSR count). The van der Waals surface area contributed by atoms with Gasteiger partial charge < -0.3 is 19.9 Å². The fourth-order valence-electron chi connectivity index (χ4n) is 5.11. The molecule has 2 fully saturated rings. The summed E-state index contributed by atoms with van der Waals surface area (Å²) in [4.78, 5) is 21.4. The third kappa shape index (κ3) is 5.93. The van der Waals surface area contributed by atoms with Gasteiger partial charge in [0.2, 0.25) is 0 Å². The van der Waals surface area contributed by atoms with E-state index < -0.39 is 18.5 Å². The number of hydrogen-bond acceptors (Lipinski definition) is 5. The molecule has 1 atom stereocenters. The molecule has 0 saturated carbocycles. The molecule has 2 aliphatic rings.